The molecule has 2 heterocycles. The van der Waals surface area contributed by atoms with Gasteiger partial charge in [-0.1, -0.05) is 36.7 Å². The van der Waals surface area contributed by atoms with Crippen molar-refractivity contribution in [2.75, 3.05) is 24.7 Å². The van der Waals surface area contributed by atoms with Crippen molar-refractivity contribution in [3.8, 4) is 5.75 Å². The highest BCUT2D eigenvalue weighted by molar-refractivity contribution is 6.34. The fourth-order valence-corrected chi connectivity index (χ4v) is 4.00. The largest absolute Gasteiger partial charge is 0.491 e. The van der Waals surface area contributed by atoms with E-state index >= 15 is 0 Å². The molecular weight excluding hydrogens is 460 g/mol. The van der Waals surface area contributed by atoms with Gasteiger partial charge in [0.05, 0.1) is 23.7 Å². The number of rotatable bonds is 8. The lowest BCUT2D eigenvalue weighted by Crippen LogP contribution is -2.40. The van der Waals surface area contributed by atoms with Gasteiger partial charge in [0, 0.05) is 18.7 Å². The molecule has 0 saturated carbocycles. The Morgan fingerprint density at radius 2 is 1.97 bits per heavy atom. The van der Waals surface area contributed by atoms with E-state index in [-0.39, 0.29) is 42.8 Å². The molecule has 2 aromatic carbocycles. The van der Waals surface area contributed by atoms with Gasteiger partial charge in [-0.3, -0.25) is 14.5 Å². The molecule has 1 N–H and O–H groups in total. The Morgan fingerprint density at radius 3 is 2.74 bits per heavy atom. The number of benzene rings is 2. The van der Waals surface area contributed by atoms with Gasteiger partial charge < -0.3 is 19.2 Å². The zero-order valence-corrected chi connectivity index (χ0v) is 19.5. The van der Waals surface area contributed by atoms with Gasteiger partial charge in [-0.15, -0.1) is 10.2 Å². The normalized spacial score (nSPS) is 13.6. The van der Waals surface area contributed by atoms with E-state index in [1.165, 1.54) is 11.0 Å². The number of aliphatic hydroxyl groups excluding tert-OH is 1. The summed E-state index contributed by atoms with van der Waals surface area (Å²) in [6, 6.07) is 12.1. The molecule has 0 aliphatic carbocycles. The van der Waals surface area contributed by atoms with Crippen molar-refractivity contribution in [3.05, 3.63) is 70.4 Å². The summed E-state index contributed by atoms with van der Waals surface area (Å²) in [5, 5.41) is 17.2. The maximum atomic E-state index is 13.5. The van der Waals surface area contributed by atoms with Crippen molar-refractivity contribution in [2.45, 2.75) is 32.9 Å². The van der Waals surface area contributed by atoms with Crippen molar-refractivity contribution in [1.29, 1.82) is 0 Å². The number of nitrogens with zero attached hydrogens (tertiary/aromatic N) is 4. The number of carbonyl (C=O) groups excluding carboxylic acids is 2. The van der Waals surface area contributed by atoms with Crippen LogP contribution >= 0.6 is 11.6 Å². The molecule has 0 unspecified atom stereocenters. The Hall–Kier alpha value is -3.43. The van der Waals surface area contributed by atoms with E-state index in [0.717, 1.165) is 12.0 Å². The highest BCUT2D eigenvalue weighted by Crippen LogP contribution is 2.30. The molecule has 1 aromatic heterocycles. The lowest BCUT2D eigenvalue weighted by atomic mass is 10.1. The van der Waals surface area contributed by atoms with Crippen molar-refractivity contribution < 1.29 is 23.8 Å². The van der Waals surface area contributed by atoms with E-state index < -0.39 is 5.91 Å². The number of ether oxygens (including phenoxy) is 1. The minimum Gasteiger partial charge on any atom is -0.491 e. The number of anilines is 1. The number of para-hydroxylation sites is 1. The number of amides is 2. The Morgan fingerprint density at radius 1 is 1.18 bits per heavy atom. The molecule has 1 aliphatic rings. The van der Waals surface area contributed by atoms with E-state index in [1.54, 1.807) is 17.0 Å². The monoisotopic (exact) mass is 484 g/mol. The first-order chi connectivity index (χ1) is 16.5. The highest BCUT2D eigenvalue weighted by atomic mass is 35.5. The molecule has 0 spiro atoms. The molecule has 0 fully saturated rings. The Balaban J connectivity index is 1.59. The van der Waals surface area contributed by atoms with Crippen LogP contribution in [0.15, 0.2) is 46.9 Å². The van der Waals surface area contributed by atoms with Crippen LogP contribution in [0, 0.1) is 0 Å². The molecule has 0 radical (unpaired) electrons. The third-order valence-corrected chi connectivity index (χ3v) is 5.68. The van der Waals surface area contributed by atoms with Gasteiger partial charge in [-0.2, -0.15) is 0 Å². The predicted octanol–water partition coefficient (Wildman–Crippen LogP) is 3.24. The summed E-state index contributed by atoms with van der Waals surface area (Å²) in [5.41, 5.74) is 1.70. The van der Waals surface area contributed by atoms with Crippen molar-refractivity contribution in [2.24, 2.45) is 0 Å². The van der Waals surface area contributed by atoms with Crippen LogP contribution in [0.5, 0.6) is 5.75 Å². The zero-order chi connectivity index (χ0) is 24.1. The average Bonchev–Trinajstić information content (AvgIpc) is 3.22. The fourth-order valence-electron chi connectivity index (χ4n) is 3.75. The number of aliphatic hydroxyl groups is 1. The van der Waals surface area contributed by atoms with Crippen LogP contribution in [0.1, 0.15) is 41.0 Å². The van der Waals surface area contributed by atoms with Crippen molar-refractivity contribution in [3.63, 3.8) is 0 Å². The number of hydrogen-bond donors (Lipinski definition) is 1. The molecule has 0 atom stereocenters. The average molecular weight is 485 g/mol. The molecule has 9 nitrogen and oxygen atoms in total. The maximum absolute atomic E-state index is 13.5. The minimum atomic E-state index is -0.399. The van der Waals surface area contributed by atoms with E-state index in [0.29, 0.717) is 36.2 Å². The summed E-state index contributed by atoms with van der Waals surface area (Å²) < 4.78 is 11.0. The summed E-state index contributed by atoms with van der Waals surface area (Å²) in [7, 11) is 0. The molecule has 1 aliphatic heterocycles. The summed E-state index contributed by atoms with van der Waals surface area (Å²) in [6.07, 6.45) is 1.56. The quantitative estimate of drug-likeness (QED) is 0.522. The van der Waals surface area contributed by atoms with Crippen LogP contribution in [0.3, 0.4) is 0 Å². The van der Waals surface area contributed by atoms with Crippen molar-refractivity contribution >= 4 is 29.1 Å². The van der Waals surface area contributed by atoms with Crippen LogP contribution in [-0.2, 0) is 24.3 Å². The van der Waals surface area contributed by atoms with E-state index in [4.69, 9.17) is 25.9 Å². The first-order valence-electron chi connectivity index (χ1n) is 11.0. The first-order valence-corrected chi connectivity index (χ1v) is 11.4. The number of carbonyl (C=O) groups is 2. The molecular formula is C24H25ClN4O5. The topological polar surface area (TPSA) is 109 Å². The molecule has 2 amide bonds. The smallest absolute Gasteiger partial charge is 0.260 e. The van der Waals surface area contributed by atoms with Crippen LogP contribution in [0.25, 0.3) is 0 Å². The fraction of sp³-hybridized carbons (Fsp3) is 0.333. The maximum Gasteiger partial charge on any atom is 0.260 e. The Kier molecular flexibility index (Phi) is 7.44. The number of hydrogen-bond acceptors (Lipinski definition) is 7. The number of halogens is 1. The molecule has 0 bridgehead atoms. The highest BCUT2D eigenvalue weighted by Gasteiger charge is 2.31. The SMILES string of the molecule is CCCc1nnc(CN2Cc3ccccc3N(C(=O)c3ccc(OCCO)cc3Cl)CC2=O)o1. The van der Waals surface area contributed by atoms with E-state index in [2.05, 4.69) is 10.2 Å². The van der Waals surface area contributed by atoms with Gasteiger partial charge in [0.25, 0.3) is 5.91 Å². The van der Waals surface area contributed by atoms with Crippen LogP contribution < -0.4 is 9.64 Å². The van der Waals surface area contributed by atoms with Gasteiger partial charge in [-0.25, -0.2) is 0 Å². The predicted molar refractivity (Wildman–Crippen MR) is 125 cm³/mol. The lowest BCUT2D eigenvalue weighted by molar-refractivity contribution is -0.131. The molecule has 34 heavy (non-hydrogen) atoms. The van der Waals surface area contributed by atoms with Gasteiger partial charge >= 0.3 is 0 Å². The second-order valence-corrected chi connectivity index (χ2v) is 8.23. The first kappa shape index (κ1) is 23.7. The summed E-state index contributed by atoms with van der Waals surface area (Å²) in [6.45, 7) is 2.30. The number of fused-ring (bicyclic) bond motifs is 1. The van der Waals surface area contributed by atoms with Gasteiger partial charge in [0.15, 0.2) is 0 Å². The summed E-state index contributed by atoms with van der Waals surface area (Å²) in [4.78, 5) is 29.7. The summed E-state index contributed by atoms with van der Waals surface area (Å²) >= 11 is 6.38. The standard InChI is InChI=1S/C24H25ClN4O5/c1-2-5-21-26-27-22(34-21)14-28-13-16-6-3-4-7-20(16)29(15-23(28)31)24(32)18-9-8-17(12-19(18)25)33-11-10-30/h3-4,6-9,12,30H,2,5,10-11,13-15H2,1H3. The third kappa shape index (κ3) is 5.21. The number of aryl methyl sites for hydroxylation is 1. The molecule has 178 valence electrons. The zero-order valence-electron chi connectivity index (χ0n) is 18.7. The number of aromatic nitrogens is 2. The Bertz CT molecular complexity index is 1180. The molecule has 3 aromatic rings. The van der Waals surface area contributed by atoms with Gasteiger partial charge in [0.1, 0.15) is 18.9 Å². The Labute approximate surface area is 201 Å². The third-order valence-electron chi connectivity index (χ3n) is 5.36. The van der Waals surface area contributed by atoms with Crippen molar-refractivity contribution in [1.82, 2.24) is 15.1 Å². The van der Waals surface area contributed by atoms with Gasteiger partial charge in [0.2, 0.25) is 17.7 Å². The summed E-state index contributed by atoms with van der Waals surface area (Å²) in [5.74, 6) is 0.688. The minimum absolute atomic E-state index is 0.118. The van der Waals surface area contributed by atoms with Crippen LogP contribution in [0.2, 0.25) is 5.02 Å². The van der Waals surface area contributed by atoms with Crippen LogP contribution in [-0.4, -0.2) is 51.8 Å². The van der Waals surface area contributed by atoms with E-state index in [1.807, 2.05) is 31.2 Å². The second kappa shape index (κ2) is 10.7. The molecule has 0 saturated heterocycles. The lowest BCUT2D eigenvalue weighted by Gasteiger charge is -2.23. The van der Waals surface area contributed by atoms with E-state index in [9.17, 15) is 9.59 Å². The molecule has 4 rings (SSSR count). The van der Waals surface area contributed by atoms with Crippen LogP contribution in [0.4, 0.5) is 5.69 Å². The van der Waals surface area contributed by atoms with Gasteiger partial charge in [-0.05, 0) is 36.2 Å². The molecule has 10 heteroatoms. The second-order valence-electron chi connectivity index (χ2n) is 7.82.